The van der Waals surface area contributed by atoms with E-state index in [2.05, 4.69) is 15.4 Å². The van der Waals surface area contributed by atoms with Crippen LogP contribution in [0.5, 0.6) is 0 Å². The van der Waals surface area contributed by atoms with Gasteiger partial charge >= 0.3 is 6.09 Å². The third-order valence-electron chi connectivity index (χ3n) is 3.79. The molecule has 0 unspecified atom stereocenters. The van der Waals surface area contributed by atoms with Gasteiger partial charge in [-0.25, -0.2) is 4.79 Å². The summed E-state index contributed by atoms with van der Waals surface area (Å²) < 4.78 is 4.38. The lowest BCUT2D eigenvalue weighted by Gasteiger charge is -2.23. The maximum absolute atomic E-state index is 12.2. The van der Waals surface area contributed by atoms with Crippen LogP contribution in [0.15, 0.2) is 12.1 Å². The highest BCUT2D eigenvalue weighted by Crippen LogP contribution is 2.21. The first-order valence-electron chi connectivity index (χ1n) is 7.62. The average molecular weight is 335 g/mol. The molecule has 0 spiro atoms. The monoisotopic (exact) mass is 335 g/mol. The van der Waals surface area contributed by atoms with E-state index < -0.39 is 18.0 Å². The predicted octanol–water partition coefficient (Wildman–Crippen LogP) is 1.75. The van der Waals surface area contributed by atoms with Crippen molar-refractivity contribution in [2.24, 2.45) is 0 Å². The predicted molar refractivity (Wildman–Crippen MR) is 91.9 cm³/mol. The van der Waals surface area contributed by atoms with Crippen molar-refractivity contribution >= 4 is 23.6 Å². The lowest BCUT2D eigenvalue weighted by molar-refractivity contribution is -0.125. The van der Waals surface area contributed by atoms with Crippen molar-refractivity contribution in [3.63, 3.8) is 0 Å². The topological polar surface area (TPSA) is 87.7 Å². The second-order valence-corrected chi connectivity index (χ2v) is 5.89. The molecule has 0 bridgehead atoms. The van der Waals surface area contributed by atoms with E-state index in [9.17, 15) is 14.4 Å². The number of nitrogens with one attached hydrogen (secondary N) is 2. The molecule has 1 atom stereocenters. The Hall–Kier alpha value is -2.41. The summed E-state index contributed by atoms with van der Waals surface area (Å²) in [6, 6.07) is 3.34. The fourth-order valence-electron chi connectivity index (χ4n) is 2.38. The van der Waals surface area contributed by atoms with E-state index in [1.165, 1.54) is 7.11 Å². The molecule has 0 aliphatic carbocycles. The number of anilines is 1. The van der Waals surface area contributed by atoms with Crippen LogP contribution in [0.4, 0.5) is 10.5 Å². The number of carbonyl (C=O) groups excluding carboxylic acids is 3. The zero-order valence-corrected chi connectivity index (χ0v) is 15.0. The van der Waals surface area contributed by atoms with Gasteiger partial charge in [-0.3, -0.25) is 19.8 Å². The molecule has 1 aromatic rings. The molecule has 132 valence electrons. The number of carbonyl (C=O) groups is 3. The first-order chi connectivity index (χ1) is 11.1. The summed E-state index contributed by atoms with van der Waals surface area (Å²) in [5.41, 5.74) is 3.89. The van der Waals surface area contributed by atoms with Gasteiger partial charge in [0.1, 0.15) is 0 Å². The van der Waals surface area contributed by atoms with Crippen molar-refractivity contribution in [1.29, 1.82) is 0 Å². The molecular formula is C17H25N3O4. The van der Waals surface area contributed by atoms with Gasteiger partial charge in [0.2, 0.25) is 11.8 Å². The first kappa shape index (κ1) is 19.6. The Morgan fingerprint density at radius 1 is 1.17 bits per heavy atom. The Morgan fingerprint density at radius 2 is 1.71 bits per heavy atom. The Morgan fingerprint density at radius 3 is 2.21 bits per heavy atom. The molecule has 0 heterocycles. The third kappa shape index (κ3) is 5.34. The molecule has 24 heavy (non-hydrogen) atoms. The van der Waals surface area contributed by atoms with Crippen molar-refractivity contribution in [2.45, 2.75) is 33.7 Å². The molecule has 0 fully saturated rings. The Bertz CT molecular complexity index is 620. The van der Waals surface area contributed by atoms with Crippen molar-refractivity contribution in [2.75, 3.05) is 26.0 Å². The number of imide groups is 1. The lowest BCUT2D eigenvalue weighted by atomic mass is 10.1. The van der Waals surface area contributed by atoms with Crippen LogP contribution in [0.2, 0.25) is 0 Å². The van der Waals surface area contributed by atoms with Crippen LogP contribution in [0.1, 0.15) is 23.6 Å². The summed E-state index contributed by atoms with van der Waals surface area (Å²) in [6.45, 7) is 7.49. The fraction of sp³-hybridized carbons (Fsp3) is 0.471. The SMILES string of the molecule is COC(=O)NC(=O)[C@H](C)N(C)CC(=O)Nc1c(C)cc(C)cc1C. The summed E-state index contributed by atoms with van der Waals surface area (Å²) in [6.07, 6.45) is -0.824. The van der Waals surface area contributed by atoms with Crippen molar-refractivity contribution in [3.05, 3.63) is 28.8 Å². The van der Waals surface area contributed by atoms with E-state index in [0.29, 0.717) is 0 Å². The van der Waals surface area contributed by atoms with Crippen LogP contribution in [0, 0.1) is 20.8 Å². The Kier molecular flexibility index (Phi) is 6.91. The third-order valence-corrected chi connectivity index (χ3v) is 3.79. The minimum absolute atomic E-state index is 0.0164. The first-order valence-corrected chi connectivity index (χ1v) is 7.62. The van der Waals surface area contributed by atoms with Gasteiger partial charge in [0, 0.05) is 5.69 Å². The van der Waals surface area contributed by atoms with Crippen LogP contribution in [0.3, 0.4) is 0 Å². The number of hydrogen-bond donors (Lipinski definition) is 2. The number of methoxy groups -OCH3 is 1. The van der Waals surface area contributed by atoms with Crippen molar-refractivity contribution < 1.29 is 19.1 Å². The fourth-order valence-corrected chi connectivity index (χ4v) is 2.38. The summed E-state index contributed by atoms with van der Waals surface area (Å²) in [4.78, 5) is 36.7. The average Bonchev–Trinajstić information content (AvgIpc) is 2.49. The van der Waals surface area contributed by atoms with E-state index >= 15 is 0 Å². The van der Waals surface area contributed by atoms with Gasteiger partial charge in [0.15, 0.2) is 0 Å². The Labute approximate surface area is 142 Å². The molecule has 0 aliphatic rings. The number of hydrogen-bond acceptors (Lipinski definition) is 5. The van der Waals surface area contributed by atoms with Crippen LogP contribution < -0.4 is 10.6 Å². The molecule has 7 heteroatoms. The van der Waals surface area contributed by atoms with Gasteiger partial charge < -0.3 is 10.1 Å². The van der Waals surface area contributed by atoms with Crippen LogP contribution in [0.25, 0.3) is 0 Å². The van der Waals surface area contributed by atoms with Gasteiger partial charge in [0.05, 0.1) is 19.7 Å². The molecule has 0 radical (unpaired) electrons. The normalized spacial score (nSPS) is 11.8. The minimum atomic E-state index is -0.824. The molecule has 2 N–H and O–H groups in total. The minimum Gasteiger partial charge on any atom is -0.453 e. The van der Waals surface area contributed by atoms with E-state index in [0.717, 1.165) is 22.4 Å². The van der Waals surface area contributed by atoms with Crippen molar-refractivity contribution in [3.8, 4) is 0 Å². The molecule has 1 rings (SSSR count). The van der Waals surface area contributed by atoms with Gasteiger partial charge in [-0.2, -0.15) is 0 Å². The molecule has 0 aromatic heterocycles. The molecule has 7 nitrogen and oxygen atoms in total. The van der Waals surface area contributed by atoms with Crippen LogP contribution in [-0.4, -0.2) is 49.6 Å². The maximum Gasteiger partial charge on any atom is 0.413 e. The summed E-state index contributed by atoms with van der Waals surface area (Å²) >= 11 is 0. The zero-order chi connectivity index (χ0) is 18.4. The van der Waals surface area contributed by atoms with Crippen LogP contribution in [-0.2, 0) is 14.3 Å². The second-order valence-electron chi connectivity index (χ2n) is 5.89. The summed E-state index contributed by atoms with van der Waals surface area (Å²) in [5, 5.41) is 4.96. The highest BCUT2D eigenvalue weighted by Gasteiger charge is 2.22. The highest BCUT2D eigenvalue weighted by atomic mass is 16.5. The Balaban J connectivity index is 2.68. The largest absolute Gasteiger partial charge is 0.453 e. The van der Waals surface area contributed by atoms with Gasteiger partial charge in [0.25, 0.3) is 0 Å². The quantitative estimate of drug-likeness (QED) is 0.856. The highest BCUT2D eigenvalue weighted by molar-refractivity contribution is 5.96. The van der Waals surface area contributed by atoms with Gasteiger partial charge in [-0.15, -0.1) is 0 Å². The molecule has 0 aliphatic heterocycles. The van der Waals surface area contributed by atoms with Crippen molar-refractivity contribution in [1.82, 2.24) is 10.2 Å². The molecule has 0 saturated heterocycles. The van der Waals surface area contributed by atoms with Gasteiger partial charge in [-0.05, 0) is 45.9 Å². The molecule has 3 amide bonds. The van der Waals surface area contributed by atoms with Crippen LogP contribution >= 0.6 is 0 Å². The van der Waals surface area contributed by atoms with E-state index in [4.69, 9.17) is 0 Å². The number of amides is 3. The van der Waals surface area contributed by atoms with E-state index in [1.807, 2.05) is 32.9 Å². The summed E-state index contributed by atoms with van der Waals surface area (Å²) in [5.74, 6) is -0.759. The van der Waals surface area contributed by atoms with E-state index in [1.54, 1.807) is 18.9 Å². The number of aryl methyl sites for hydroxylation is 3. The number of nitrogens with zero attached hydrogens (tertiary/aromatic N) is 1. The number of likely N-dealkylation sites (N-methyl/N-ethyl adjacent to an activating group) is 1. The number of benzene rings is 1. The smallest absolute Gasteiger partial charge is 0.413 e. The molecule has 1 aromatic carbocycles. The zero-order valence-electron chi connectivity index (χ0n) is 15.0. The standard InChI is InChI=1S/C17H25N3O4/c1-10-7-11(2)15(12(3)8-10)18-14(21)9-20(5)13(4)16(22)19-17(23)24-6/h7-8,13H,9H2,1-6H3,(H,18,21)(H,19,22,23)/t13-/m0/s1. The lowest BCUT2D eigenvalue weighted by Crippen LogP contribution is -2.47. The molecular weight excluding hydrogens is 310 g/mol. The second kappa shape index (κ2) is 8.44. The van der Waals surface area contributed by atoms with E-state index in [-0.39, 0.29) is 12.5 Å². The summed E-state index contributed by atoms with van der Waals surface area (Å²) in [7, 11) is 2.81. The maximum atomic E-state index is 12.2. The number of rotatable bonds is 5. The molecule has 0 saturated carbocycles. The number of ether oxygens (including phenoxy) is 1. The number of alkyl carbamates (subject to hydrolysis) is 1. The van der Waals surface area contributed by atoms with Gasteiger partial charge in [-0.1, -0.05) is 17.7 Å².